The SMILES string of the molecule is Cc1cc(S(N)(=O)=O)cc(NC2CCC(C)(C)CC2)c1C. The molecular formula is C16H26N2O2S. The average Bonchev–Trinajstić information content (AvgIpc) is 2.35. The molecule has 0 heterocycles. The van der Waals surface area contributed by atoms with E-state index in [4.69, 9.17) is 5.14 Å². The second-order valence-electron chi connectivity index (χ2n) is 7.04. The van der Waals surface area contributed by atoms with E-state index in [1.807, 2.05) is 13.8 Å². The Bertz CT molecular complexity index is 626. The first-order chi connectivity index (χ1) is 9.58. The van der Waals surface area contributed by atoms with Crippen LogP contribution in [0, 0.1) is 19.3 Å². The van der Waals surface area contributed by atoms with Crippen LogP contribution >= 0.6 is 0 Å². The molecular weight excluding hydrogens is 284 g/mol. The monoisotopic (exact) mass is 310 g/mol. The zero-order valence-corrected chi connectivity index (χ0v) is 14.2. The normalized spacial score (nSPS) is 19.5. The number of benzene rings is 1. The largest absolute Gasteiger partial charge is 0.382 e. The Labute approximate surface area is 128 Å². The molecule has 1 aliphatic carbocycles. The van der Waals surface area contributed by atoms with Crippen LogP contribution in [0.3, 0.4) is 0 Å². The number of anilines is 1. The lowest BCUT2D eigenvalue weighted by atomic mass is 9.75. The summed E-state index contributed by atoms with van der Waals surface area (Å²) in [4.78, 5) is 0.184. The highest BCUT2D eigenvalue weighted by Gasteiger charge is 2.27. The molecule has 4 nitrogen and oxygen atoms in total. The van der Waals surface area contributed by atoms with Gasteiger partial charge < -0.3 is 5.32 Å². The van der Waals surface area contributed by atoms with Gasteiger partial charge in [0.1, 0.15) is 0 Å². The highest BCUT2D eigenvalue weighted by molar-refractivity contribution is 7.89. The van der Waals surface area contributed by atoms with Crippen molar-refractivity contribution >= 4 is 15.7 Å². The van der Waals surface area contributed by atoms with Crippen molar-refractivity contribution in [3.05, 3.63) is 23.3 Å². The lowest BCUT2D eigenvalue weighted by molar-refractivity contribution is 0.232. The molecule has 0 spiro atoms. The summed E-state index contributed by atoms with van der Waals surface area (Å²) in [5.41, 5.74) is 3.35. The first-order valence-corrected chi connectivity index (χ1v) is 9.04. The summed E-state index contributed by atoms with van der Waals surface area (Å²) in [6.07, 6.45) is 4.62. The number of aryl methyl sites for hydroxylation is 1. The molecule has 2 rings (SSSR count). The molecule has 21 heavy (non-hydrogen) atoms. The van der Waals surface area contributed by atoms with Crippen LogP contribution in [0.15, 0.2) is 17.0 Å². The van der Waals surface area contributed by atoms with Crippen molar-refractivity contribution in [1.29, 1.82) is 0 Å². The lowest BCUT2D eigenvalue weighted by Crippen LogP contribution is -2.30. The van der Waals surface area contributed by atoms with Crippen molar-refractivity contribution < 1.29 is 8.42 Å². The molecule has 5 heteroatoms. The molecule has 1 saturated carbocycles. The maximum Gasteiger partial charge on any atom is 0.238 e. The molecule has 0 aromatic heterocycles. The summed E-state index contributed by atoms with van der Waals surface area (Å²) < 4.78 is 23.2. The van der Waals surface area contributed by atoms with Crippen molar-refractivity contribution in [2.24, 2.45) is 10.6 Å². The molecule has 1 aromatic carbocycles. The van der Waals surface area contributed by atoms with Gasteiger partial charge in [-0.15, -0.1) is 0 Å². The van der Waals surface area contributed by atoms with E-state index >= 15 is 0 Å². The standard InChI is InChI=1S/C16H26N2O2S/c1-11-9-14(21(17,19)20)10-15(12(11)2)18-13-5-7-16(3,4)8-6-13/h9-10,13,18H,5-8H2,1-4H3,(H2,17,19,20). The number of primary sulfonamides is 1. The fraction of sp³-hybridized carbons (Fsp3) is 0.625. The maximum atomic E-state index is 11.6. The Kier molecular flexibility index (Phi) is 4.36. The van der Waals surface area contributed by atoms with Gasteiger partial charge in [-0.2, -0.15) is 0 Å². The highest BCUT2D eigenvalue weighted by atomic mass is 32.2. The number of sulfonamides is 1. The topological polar surface area (TPSA) is 72.2 Å². The molecule has 0 aliphatic heterocycles. The summed E-state index contributed by atoms with van der Waals surface area (Å²) in [6.45, 7) is 8.54. The van der Waals surface area contributed by atoms with Gasteiger partial charge in [-0.3, -0.25) is 0 Å². The fourth-order valence-corrected chi connectivity index (χ4v) is 3.53. The van der Waals surface area contributed by atoms with Gasteiger partial charge in [-0.25, -0.2) is 13.6 Å². The Morgan fingerprint density at radius 2 is 1.76 bits per heavy atom. The third kappa shape index (κ3) is 3.98. The molecule has 1 aliphatic rings. The van der Waals surface area contributed by atoms with Gasteiger partial charge in [0.2, 0.25) is 10.0 Å². The van der Waals surface area contributed by atoms with Gasteiger partial charge in [-0.1, -0.05) is 13.8 Å². The Morgan fingerprint density at radius 3 is 2.29 bits per heavy atom. The summed E-state index contributed by atoms with van der Waals surface area (Å²) in [5.74, 6) is 0. The second kappa shape index (κ2) is 5.61. The molecule has 0 radical (unpaired) electrons. The minimum Gasteiger partial charge on any atom is -0.382 e. The minimum atomic E-state index is -3.66. The van der Waals surface area contributed by atoms with Crippen molar-refractivity contribution in [2.45, 2.75) is 64.3 Å². The van der Waals surface area contributed by atoms with Gasteiger partial charge in [0.25, 0.3) is 0 Å². The van der Waals surface area contributed by atoms with Crippen LogP contribution in [-0.2, 0) is 10.0 Å². The molecule has 118 valence electrons. The van der Waals surface area contributed by atoms with E-state index in [0.29, 0.717) is 11.5 Å². The predicted molar refractivity (Wildman–Crippen MR) is 86.9 cm³/mol. The van der Waals surface area contributed by atoms with Crippen LogP contribution in [-0.4, -0.2) is 14.5 Å². The maximum absolute atomic E-state index is 11.6. The molecule has 0 bridgehead atoms. The van der Waals surface area contributed by atoms with Gasteiger partial charge in [-0.05, 0) is 68.2 Å². The van der Waals surface area contributed by atoms with Gasteiger partial charge >= 0.3 is 0 Å². The molecule has 1 fully saturated rings. The third-order valence-electron chi connectivity index (χ3n) is 4.67. The minimum absolute atomic E-state index is 0.184. The molecule has 0 atom stereocenters. The summed E-state index contributed by atoms with van der Waals surface area (Å²) in [5, 5.41) is 8.78. The van der Waals surface area contributed by atoms with Gasteiger partial charge in [0.15, 0.2) is 0 Å². The number of nitrogens with one attached hydrogen (secondary N) is 1. The molecule has 0 unspecified atom stereocenters. The van der Waals surface area contributed by atoms with E-state index in [1.54, 1.807) is 12.1 Å². The lowest BCUT2D eigenvalue weighted by Gasteiger charge is -2.35. The Balaban J connectivity index is 2.22. The van der Waals surface area contributed by atoms with Crippen LogP contribution in [0.4, 0.5) is 5.69 Å². The smallest absolute Gasteiger partial charge is 0.238 e. The van der Waals surface area contributed by atoms with Crippen molar-refractivity contribution in [1.82, 2.24) is 0 Å². The number of hydrogen-bond donors (Lipinski definition) is 2. The molecule has 3 N–H and O–H groups in total. The van der Waals surface area contributed by atoms with Crippen LogP contribution in [0.2, 0.25) is 0 Å². The van der Waals surface area contributed by atoms with Gasteiger partial charge in [0, 0.05) is 11.7 Å². The summed E-state index contributed by atoms with van der Waals surface area (Å²) in [7, 11) is -3.66. The van der Waals surface area contributed by atoms with E-state index in [1.165, 1.54) is 12.8 Å². The van der Waals surface area contributed by atoms with E-state index in [-0.39, 0.29) is 4.90 Å². The Morgan fingerprint density at radius 1 is 1.19 bits per heavy atom. The quantitative estimate of drug-likeness (QED) is 0.899. The van der Waals surface area contributed by atoms with E-state index in [0.717, 1.165) is 29.7 Å². The molecule has 0 saturated heterocycles. The zero-order chi connectivity index (χ0) is 15.8. The van der Waals surface area contributed by atoms with Crippen LogP contribution < -0.4 is 10.5 Å². The second-order valence-corrected chi connectivity index (χ2v) is 8.60. The fourth-order valence-electron chi connectivity index (χ4n) is 2.90. The zero-order valence-electron chi connectivity index (χ0n) is 13.4. The van der Waals surface area contributed by atoms with E-state index in [2.05, 4.69) is 19.2 Å². The van der Waals surface area contributed by atoms with Gasteiger partial charge in [0.05, 0.1) is 4.90 Å². The number of nitrogens with two attached hydrogens (primary N) is 1. The van der Waals surface area contributed by atoms with Crippen LogP contribution in [0.25, 0.3) is 0 Å². The van der Waals surface area contributed by atoms with Crippen LogP contribution in [0.1, 0.15) is 50.7 Å². The Hall–Kier alpha value is -1.07. The molecule has 0 amide bonds. The average molecular weight is 310 g/mol. The van der Waals surface area contributed by atoms with Crippen LogP contribution in [0.5, 0.6) is 0 Å². The van der Waals surface area contributed by atoms with E-state index in [9.17, 15) is 8.42 Å². The first-order valence-electron chi connectivity index (χ1n) is 7.49. The summed E-state index contributed by atoms with van der Waals surface area (Å²) >= 11 is 0. The number of rotatable bonds is 3. The van der Waals surface area contributed by atoms with E-state index < -0.39 is 10.0 Å². The van der Waals surface area contributed by atoms with Crippen molar-refractivity contribution in [3.63, 3.8) is 0 Å². The highest BCUT2D eigenvalue weighted by Crippen LogP contribution is 2.36. The summed E-state index contributed by atoms with van der Waals surface area (Å²) in [6, 6.07) is 3.71. The van der Waals surface area contributed by atoms with Crippen molar-refractivity contribution in [3.8, 4) is 0 Å². The number of hydrogen-bond acceptors (Lipinski definition) is 3. The van der Waals surface area contributed by atoms with Crippen molar-refractivity contribution in [2.75, 3.05) is 5.32 Å². The predicted octanol–water partition coefficient (Wildman–Crippen LogP) is 3.33. The third-order valence-corrected chi connectivity index (χ3v) is 5.56. The molecule has 1 aromatic rings. The first kappa shape index (κ1) is 16.3.